The number of imide groups is 1. The number of rotatable bonds is 5. The quantitative estimate of drug-likeness (QED) is 0.782. The van der Waals surface area contributed by atoms with Crippen molar-refractivity contribution in [1.82, 2.24) is 4.90 Å². The van der Waals surface area contributed by atoms with Crippen LogP contribution in [0.3, 0.4) is 0 Å². The van der Waals surface area contributed by atoms with Crippen molar-refractivity contribution < 1.29 is 33.4 Å². The largest absolute Gasteiger partial charge is 0.481 e. The molecule has 0 fully saturated rings. The number of aliphatic hydroxyl groups is 1. The molecule has 0 aliphatic carbocycles. The average Bonchev–Trinajstić information content (AvgIpc) is 2.63. The number of amides is 2. The molecule has 0 saturated carbocycles. The molecule has 1 aliphatic heterocycles. The summed E-state index contributed by atoms with van der Waals surface area (Å²) in [6.45, 7) is -1.08. The summed E-state index contributed by atoms with van der Waals surface area (Å²) in [7, 11) is 0. The zero-order chi connectivity index (χ0) is 15.8. The van der Waals surface area contributed by atoms with E-state index in [9.17, 15) is 28.3 Å². The van der Waals surface area contributed by atoms with E-state index in [2.05, 4.69) is 0 Å². The summed E-state index contributed by atoms with van der Waals surface area (Å²) in [4.78, 5) is 35.0. The van der Waals surface area contributed by atoms with E-state index in [1.54, 1.807) is 0 Å². The number of aliphatic carboxylic acids is 1. The maximum Gasteiger partial charge on any atom is 0.306 e. The van der Waals surface area contributed by atoms with Gasteiger partial charge in [-0.1, -0.05) is 12.1 Å². The van der Waals surface area contributed by atoms with Crippen LogP contribution in [0.25, 0.3) is 0 Å². The Labute approximate surface area is 117 Å². The Morgan fingerprint density at radius 1 is 1.19 bits per heavy atom. The van der Waals surface area contributed by atoms with Gasteiger partial charge in [-0.15, -0.1) is 0 Å². The first-order chi connectivity index (χ1) is 9.76. The molecule has 1 atom stereocenters. The molecule has 2 amide bonds. The van der Waals surface area contributed by atoms with Gasteiger partial charge in [-0.2, -0.15) is 0 Å². The van der Waals surface area contributed by atoms with Gasteiger partial charge in [0, 0.05) is 0 Å². The Balaban J connectivity index is 2.30. The van der Waals surface area contributed by atoms with Crippen molar-refractivity contribution in [2.24, 2.45) is 0 Å². The van der Waals surface area contributed by atoms with Crippen LogP contribution >= 0.6 is 0 Å². The van der Waals surface area contributed by atoms with Crippen molar-refractivity contribution in [2.45, 2.75) is 18.4 Å². The summed E-state index contributed by atoms with van der Waals surface area (Å²) in [6.07, 6.45) is -4.70. The normalized spacial score (nSPS) is 17.0. The number of nitrogens with zero attached hydrogens (tertiary/aromatic N) is 1. The van der Waals surface area contributed by atoms with Gasteiger partial charge in [0.2, 0.25) is 0 Å². The summed E-state index contributed by atoms with van der Waals surface area (Å²) in [5.74, 6) is -3.32. The van der Waals surface area contributed by atoms with Gasteiger partial charge in [0.05, 0.1) is 24.1 Å². The minimum atomic E-state index is -3.42. The standard InChI is InChI=1S/C13H11F2NO5/c14-12(15)13(21,5-9(17)18)6-16-10(19)7-3-1-2-4-8(7)11(16)20/h1-4,12,21H,5-6H2,(H,17,18)/t13-/m0/s1. The van der Waals surface area contributed by atoms with Gasteiger partial charge < -0.3 is 10.2 Å². The summed E-state index contributed by atoms with van der Waals surface area (Å²) in [5.41, 5.74) is -2.91. The third-order valence-electron chi connectivity index (χ3n) is 3.17. The molecule has 1 aromatic rings. The van der Waals surface area contributed by atoms with E-state index >= 15 is 0 Å². The molecule has 21 heavy (non-hydrogen) atoms. The van der Waals surface area contributed by atoms with Crippen LogP contribution in [0, 0.1) is 0 Å². The molecule has 1 aromatic carbocycles. The van der Waals surface area contributed by atoms with Crippen LogP contribution in [0.15, 0.2) is 24.3 Å². The molecule has 1 aliphatic rings. The van der Waals surface area contributed by atoms with E-state index in [0.717, 1.165) is 0 Å². The van der Waals surface area contributed by atoms with Gasteiger partial charge in [0.15, 0.2) is 5.60 Å². The lowest BCUT2D eigenvalue weighted by atomic mass is 9.99. The third kappa shape index (κ3) is 2.62. The Kier molecular flexibility index (Phi) is 3.73. The summed E-state index contributed by atoms with van der Waals surface area (Å²) < 4.78 is 25.8. The minimum Gasteiger partial charge on any atom is -0.481 e. The molecule has 2 rings (SSSR count). The van der Waals surface area contributed by atoms with Crippen LogP contribution in [-0.2, 0) is 4.79 Å². The second-order valence-corrected chi connectivity index (χ2v) is 4.72. The summed E-state index contributed by atoms with van der Waals surface area (Å²) in [6, 6.07) is 5.72. The lowest BCUT2D eigenvalue weighted by Crippen LogP contribution is -2.51. The number of fused-ring (bicyclic) bond motifs is 1. The first kappa shape index (κ1) is 15.0. The first-order valence-electron chi connectivity index (χ1n) is 5.94. The second kappa shape index (κ2) is 5.21. The molecule has 0 spiro atoms. The average molecular weight is 299 g/mol. The third-order valence-corrected chi connectivity index (χ3v) is 3.17. The predicted octanol–water partition coefficient (Wildman–Crippen LogP) is 0.753. The number of β-amino-alcohol motifs (C(OH)–C–C–N with tert-alkyl or cyclic N) is 1. The van der Waals surface area contributed by atoms with E-state index in [0.29, 0.717) is 4.90 Å². The van der Waals surface area contributed by atoms with Gasteiger partial charge >= 0.3 is 5.97 Å². The number of carbonyl (C=O) groups excluding carboxylic acids is 2. The van der Waals surface area contributed by atoms with Crippen molar-refractivity contribution in [3.8, 4) is 0 Å². The van der Waals surface area contributed by atoms with Gasteiger partial charge in [-0.3, -0.25) is 19.3 Å². The molecule has 2 N–H and O–H groups in total. The summed E-state index contributed by atoms with van der Waals surface area (Å²) in [5, 5.41) is 18.4. The van der Waals surface area contributed by atoms with E-state index in [-0.39, 0.29) is 11.1 Å². The number of carboxylic acid groups (broad SMARTS) is 1. The van der Waals surface area contributed by atoms with Crippen LogP contribution < -0.4 is 0 Å². The number of hydrogen-bond donors (Lipinski definition) is 2. The van der Waals surface area contributed by atoms with E-state index in [1.165, 1.54) is 24.3 Å². The number of alkyl halides is 2. The molecular weight excluding hydrogens is 288 g/mol. The minimum absolute atomic E-state index is 0.0365. The Morgan fingerprint density at radius 2 is 1.67 bits per heavy atom. The Morgan fingerprint density at radius 3 is 2.05 bits per heavy atom. The number of halogens is 2. The zero-order valence-corrected chi connectivity index (χ0v) is 10.6. The monoisotopic (exact) mass is 299 g/mol. The topological polar surface area (TPSA) is 94.9 Å². The van der Waals surface area contributed by atoms with Crippen molar-refractivity contribution in [3.63, 3.8) is 0 Å². The number of hydrogen-bond acceptors (Lipinski definition) is 4. The fourth-order valence-corrected chi connectivity index (χ4v) is 2.12. The number of carbonyl (C=O) groups is 3. The van der Waals surface area contributed by atoms with E-state index in [4.69, 9.17) is 5.11 Å². The van der Waals surface area contributed by atoms with Gasteiger partial charge in [-0.25, -0.2) is 8.78 Å². The molecule has 0 aromatic heterocycles. The highest BCUT2D eigenvalue weighted by Gasteiger charge is 2.46. The molecule has 0 unspecified atom stereocenters. The lowest BCUT2D eigenvalue weighted by molar-refractivity contribution is -0.154. The Bertz CT molecular complexity index is 583. The van der Waals surface area contributed by atoms with Gasteiger partial charge in [-0.05, 0) is 12.1 Å². The lowest BCUT2D eigenvalue weighted by Gasteiger charge is -2.29. The van der Waals surface area contributed by atoms with Crippen LogP contribution in [0.4, 0.5) is 8.78 Å². The van der Waals surface area contributed by atoms with Crippen molar-refractivity contribution in [3.05, 3.63) is 35.4 Å². The van der Waals surface area contributed by atoms with E-state index < -0.39 is 42.8 Å². The molecule has 0 saturated heterocycles. The van der Waals surface area contributed by atoms with Gasteiger partial charge in [0.25, 0.3) is 18.2 Å². The van der Waals surface area contributed by atoms with Crippen LogP contribution in [0.1, 0.15) is 27.1 Å². The smallest absolute Gasteiger partial charge is 0.306 e. The van der Waals surface area contributed by atoms with Crippen LogP contribution in [-0.4, -0.2) is 51.5 Å². The fraction of sp³-hybridized carbons (Fsp3) is 0.308. The summed E-state index contributed by atoms with van der Waals surface area (Å²) >= 11 is 0. The van der Waals surface area contributed by atoms with Crippen molar-refractivity contribution in [2.75, 3.05) is 6.54 Å². The number of benzene rings is 1. The molecule has 0 radical (unpaired) electrons. The maximum atomic E-state index is 12.9. The molecule has 8 heteroatoms. The van der Waals surface area contributed by atoms with Crippen LogP contribution in [0.2, 0.25) is 0 Å². The Hall–Kier alpha value is -2.35. The van der Waals surface area contributed by atoms with Crippen molar-refractivity contribution >= 4 is 17.8 Å². The fourth-order valence-electron chi connectivity index (χ4n) is 2.12. The second-order valence-electron chi connectivity index (χ2n) is 4.72. The predicted molar refractivity (Wildman–Crippen MR) is 65.0 cm³/mol. The molecule has 6 nitrogen and oxygen atoms in total. The maximum absolute atomic E-state index is 12.9. The highest BCUT2D eigenvalue weighted by atomic mass is 19.3. The first-order valence-corrected chi connectivity index (χ1v) is 5.94. The van der Waals surface area contributed by atoms with Gasteiger partial charge in [0.1, 0.15) is 0 Å². The van der Waals surface area contributed by atoms with Crippen LogP contribution in [0.5, 0.6) is 0 Å². The number of carboxylic acids is 1. The molecular formula is C13H11F2NO5. The highest BCUT2D eigenvalue weighted by molar-refractivity contribution is 6.21. The molecule has 0 bridgehead atoms. The molecule has 1 heterocycles. The zero-order valence-electron chi connectivity index (χ0n) is 10.6. The molecule has 112 valence electrons. The SMILES string of the molecule is O=C(O)C[C@](O)(CN1C(=O)c2ccccc2C1=O)C(F)F. The van der Waals surface area contributed by atoms with Crippen molar-refractivity contribution in [1.29, 1.82) is 0 Å². The van der Waals surface area contributed by atoms with E-state index in [1.807, 2.05) is 0 Å². The highest BCUT2D eigenvalue weighted by Crippen LogP contribution is 2.28.